The van der Waals surface area contributed by atoms with Crippen molar-refractivity contribution in [2.75, 3.05) is 6.26 Å². The summed E-state index contributed by atoms with van der Waals surface area (Å²) in [5.41, 5.74) is 1.12. The Bertz CT molecular complexity index is 1210. The molecule has 0 unspecified atom stereocenters. The highest BCUT2D eigenvalue weighted by atomic mass is 32.2. The second kappa shape index (κ2) is 6.26. The zero-order valence-corrected chi connectivity index (χ0v) is 15.3. The maximum atomic E-state index is 12.8. The van der Waals surface area contributed by atoms with Crippen LogP contribution in [0.1, 0.15) is 5.56 Å². The van der Waals surface area contributed by atoms with Crippen molar-refractivity contribution in [1.29, 1.82) is 0 Å². The average molecular weight is 393 g/mol. The molecule has 1 heterocycles. The minimum absolute atomic E-state index is 0.00310. The van der Waals surface area contributed by atoms with Crippen LogP contribution >= 0.6 is 0 Å². The number of carbonyl (C=O) groups is 1. The van der Waals surface area contributed by atoms with Crippen molar-refractivity contribution < 1.29 is 26.7 Å². The van der Waals surface area contributed by atoms with E-state index < -0.39 is 25.6 Å². The molecule has 7 nitrogen and oxygen atoms in total. The van der Waals surface area contributed by atoms with E-state index in [0.717, 1.165) is 6.26 Å². The first-order valence-corrected chi connectivity index (χ1v) is 10.8. The summed E-state index contributed by atoms with van der Waals surface area (Å²) in [4.78, 5) is 13.8. The largest absolute Gasteiger partial charge is 0.481 e. The molecular formula is C17H15NO6S2. The first-order chi connectivity index (χ1) is 12.1. The van der Waals surface area contributed by atoms with Gasteiger partial charge in [-0.25, -0.2) is 16.8 Å². The van der Waals surface area contributed by atoms with Gasteiger partial charge in [0.25, 0.3) is 0 Å². The molecule has 0 fully saturated rings. The van der Waals surface area contributed by atoms with Crippen LogP contribution in [0, 0.1) is 0 Å². The van der Waals surface area contributed by atoms with Gasteiger partial charge in [-0.05, 0) is 48.0 Å². The van der Waals surface area contributed by atoms with Crippen LogP contribution in [0.2, 0.25) is 0 Å². The molecule has 3 rings (SSSR count). The maximum Gasteiger partial charge on any atom is 0.307 e. The normalized spacial score (nSPS) is 12.3. The molecule has 0 spiro atoms. The van der Waals surface area contributed by atoms with Gasteiger partial charge in [-0.2, -0.15) is 0 Å². The van der Waals surface area contributed by atoms with Crippen LogP contribution in [0.5, 0.6) is 0 Å². The number of sulfone groups is 2. The fraction of sp³-hybridized carbons (Fsp3) is 0.118. The molecule has 0 aliphatic heterocycles. The zero-order valence-electron chi connectivity index (χ0n) is 13.6. The third-order valence-electron chi connectivity index (χ3n) is 3.95. The van der Waals surface area contributed by atoms with Gasteiger partial charge >= 0.3 is 5.97 Å². The van der Waals surface area contributed by atoms with Crippen molar-refractivity contribution in [1.82, 2.24) is 4.98 Å². The number of aromatic amines is 1. The fourth-order valence-corrected chi connectivity index (χ4v) is 4.55. The Hall–Kier alpha value is -2.65. The van der Waals surface area contributed by atoms with E-state index in [1.807, 2.05) is 0 Å². The molecule has 2 N–H and O–H groups in total. The van der Waals surface area contributed by atoms with Gasteiger partial charge in [0, 0.05) is 23.4 Å². The van der Waals surface area contributed by atoms with Crippen molar-refractivity contribution >= 4 is 36.5 Å². The topological polar surface area (TPSA) is 121 Å². The highest BCUT2D eigenvalue weighted by Crippen LogP contribution is 2.27. The van der Waals surface area contributed by atoms with Gasteiger partial charge < -0.3 is 10.1 Å². The lowest BCUT2D eigenvalue weighted by Gasteiger charge is -2.06. The molecular weight excluding hydrogens is 378 g/mol. The van der Waals surface area contributed by atoms with Crippen molar-refractivity contribution in [3.63, 3.8) is 0 Å². The van der Waals surface area contributed by atoms with Gasteiger partial charge in [-0.1, -0.05) is 0 Å². The first kappa shape index (κ1) is 18.2. The van der Waals surface area contributed by atoms with E-state index >= 15 is 0 Å². The van der Waals surface area contributed by atoms with E-state index in [1.54, 1.807) is 6.07 Å². The third kappa shape index (κ3) is 3.35. The second-order valence-corrected chi connectivity index (χ2v) is 9.80. The molecule has 0 amide bonds. The average Bonchev–Trinajstić information content (AvgIpc) is 2.96. The van der Waals surface area contributed by atoms with Crippen LogP contribution < -0.4 is 0 Å². The van der Waals surface area contributed by atoms with Gasteiger partial charge in [0.1, 0.15) is 0 Å². The van der Waals surface area contributed by atoms with Crippen molar-refractivity contribution in [3.8, 4) is 0 Å². The summed E-state index contributed by atoms with van der Waals surface area (Å²) in [6, 6.07) is 9.38. The van der Waals surface area contributed by atoms with E-state index in [4.69, 9.17) is 5.11 Å². The number of carboxylic acid groups (broad SMARTS) is 1. The molecule has 9 heteroatoms. The van der Waals surface area contributed by atoms with Crippen molar-refractivity contribution in [3.05, 3.63) is 54.2 Å². The minimum atomic E-state index is -3.87. The van der Waals surface area contributed by atoms with Gasteiger partial charge in [0.2, 0.25) is 9.84 Å². The van der Waals surface area contributed by atoms with E-state index in [1.165, 1.54) is 42.6 Å². The lowest BCUT2D eigenvalue weighted by molar-refractivity contribution is -0.136. The number of carboxylic acids is 1. The quantitative estimate of drug-likeness (QED) is 0.684. The van der Waals surface area contributed by atoms with Crippen LogP contribution in [0.25, 0.3) is 10.9 Å². The van der Waals surface area contributed by atoms with E-state index in [9.17, 15) is 21.6 Å². The summed E-state index contributed by atoms with van der Waals surface area (Å²) in [6.07, 6.45) is 2.35. The Labute approximate surface area is 150 Å². The third-order valence-corrected chi connectivity index (χ3v) is 6.85. The summed E-state index contributed by atoms with van der Waals surface area (Å²) in [5, 5.41) is 9.48. The summed E-state index contributed by atoms with van der Waals surface area (Å²) in [6.45, 7) is 0. The van der Waals surface area contributed by atoms with Gasteiger partial charge in [-0.3, -0.25) is 4.79 Å². The van der Waals surface area contributed by atoms with Gasteiger partial charge in [0.15, 0.2) is 9.84 Å². The maximum absolute atomic E-state index is 12.8. The Kier molecular flexibility index (Phi) is 4.37. The molecule has 136 valence electrons. The molecule has 0 radical (unpaired) electrons. The standard InChI is InChI=1S/C17H15NO6S2/c1-25(21,22)12-2-4-13(5-3-12)26(23,24)14-6-7-16-15(9-14)11(10-18-16)8-17(19)20/h2-7,9-10,18H,8H2,1H3,(H,19,20). The molecule has 0 atom stereocenters. The highest BCUT2D eigenvalue weighted by Gasteiger charge is 2.20. The number of nitrogens with one attached hydrogen (secondary N) is 1. The van der Waals surface area contributed by atoms with E-state index in [-0.39, 0.29) is 21.1 Å². The second-order valence-electron chi connectivity index (χ2n) is 5.84. The zero-order chi connectivity index (χ0) is 19.1. The number of rotatable bonds is 5. The smallest absolute Gasteiger partial charge is 0.307 e. The van der Waals surface area contributed by atoms with Crippen LogP contribution in [0.3, 0.4) is 0 Å². The molecule has 0 aliphatic carbocycles. The molecule has 26 heavy (non-hydrogen) atoms. The monoisotopic (exact) mass is 393 g/mol. The number of aromatic nitrogens is 1. The van der Waals surface area contributed by atoms with Gasteiger partial charge in [0.05, 0.1) is 21.1 Å². The molecule has 0 bridgehead atoms. The number of benzene rings is 2. The van der Waals surface area contributed by atoms with E-state index in [0.29, 0.717) is 16.5 Å². The summed E-state index contributed by atoms with van der Waals surface area (Å²) < 4.78 is 48.6. The molecule has 0 saturated carbocycles. The lowest BCUT2D eigenvalue weighted by Crippen LogP contribution is -2.04. The van der Waals surface area contributed by atoms with Gasteiger partial charge in [-0.15, -0.1) is 0 Å². The number of aliphatic carboxylic acids is 1. The Morgan fingerprint density at radius 2 is 1.54 bits per heavy atom. The number of hydrogen-bond acceptors (Lipinski definition) is 5. The summed E-state index contributed by atoms with van der Waals surface area (Å²) in [7, 11) is -7.29. The molecule has 3 aromatic rings. The number of hydrogen-bond donors (Lipinski definition) is 2. The Balaban J connectivity index is 2.08. The Morgan fingerprint density at radius 3 is 2.12 bits per heavy atom. The predicted molar refractivity (Wildman–Crippen MR) is 94.6 cm³/mol. The molecule has 1 aromatic heterocycles. The molecule has 0 aliphatic rings. The van der Waals surface area contributed by atoms with E-state index in [2.05, 4.69) is 4.98 Å². The first-order valence-electron chi connectivity index (χ1n) is 7.46. The van der Waals surface area contributed by atoms with Crippen molar-refractivity contribution in [2.45, 2.75) is 21.1 Å². The van der Waals surface area contributed by atoms with Crippen LogP contribution in [-0.4, -0.2) is 39.2 Å². The summed E-state index contributed by atoms with van der Waals surface area (Å²) in [5.74, 6) is -1.02. The fourth-order valence-electron chi connectivity index (χ4n) is 2.64. The highest BCUT2D eigenvalue weighted by molar-refractivity contribution is 7.91. The lowest BCUT2D eigenvalue weighted by atomic mass is 10.1. The van der Waals surface area contributed by atoms with Crippen LogP contribution in [0.4, 0.5) is 0 Å². The molecule has 0 saturated heterocycles. The minimum Gasteiger partial charge on any atom is -0.481 e. The number of fused-ring (bicyclic) bond motifs is 1. The van der Waals surface area contributed by atoms with Crippen molar-refractivity contribution in [2.24, 2.45) is 0 Å². The Morgan fingerprint density at radius 1 is 0.962 bits per heavy atom. The predicted octanol–water partition coefficient (Wildman–Crippen LogP) is 2.03. The SMILES string of the molecule is CS(=O)(=O)c1ccc(S(=O)(=O)c2ccc3[nH]cc(CC(=O)O)c3c2)cc1. The van der Waals surface area contributed by atoms with Crippen LogP contribution in [0.15, 0.2) is 63.3 Å². The number of H-pyrrole nitrogens is 1. The van der Waals surface area contributed by atoms with Crippen LogP contribution in [-0.2, 0) is 30.9 Å². The summed E-state index contributed by atoms with van der Waals surface area (Å²) >= 11 is 0. The molecule has 2 aromatic carbocycles.